The van der Waals surface area contributed by atoms with Crippen molar-refractivity contribution in [2.24, 2.45) is 5.73 Å². The maximum atomic E-state index is 5.65. The van der Waals surface area contributed by atoms with Gasteiger partial charge in [-0.2, -0.15) is 0 Å². The standard InChI is InChI=1S/C13H22N2O2/c1-15-6-2-3-12(15)5-7-16-10-13-11(9-14)4-8-17-13/h4,8,12H,2-3,5-7,9-10,14H2,1H3. The predicted molar refractivity (Wildman–Crippen MR) is 66.5 cm³/mol. The molecule has 0 bridgehead atoms. The maximum absolute atomic E-state index is 5.65. The van der Waals surface area contributed by atoms with Crippen LogP contribution in [0.4, 0.5) is 0 Å². The van der Waals surface area contributed by atoms with Gasteiger partial charge in [0.25, 0.3) is 0 Å². The molecule has 1 fully saturated rings. The Kier molecular flexibility index (Phi) is 4.59. The van der Waals surface area contributed by atoms with Gasteiger partial charge in [-0.25, -0.2) is 0 Å². The molecule has 4 heteroatoms. The third-order valence-corrected chi connectivity index (χ3v) is 3.56. The van der Waals surface area contributed by atoms with E-state index in [0.717, 1.165) is 24.4 Å². The van der Waals surface area contributed by atoms with Crippen molar-refractivity contribution in [1.29, 1.82) is 0 Å². The smallest absolute Gasteiger partial charge is 0.133 e. The molecule has 0 radical (unpaired) electrons. The maximum Gasteiger partial charge on any atom is 0.133 e. The molecular weight excluding hydrogens is 216 g/mol. The van der Waals surface area contributed by atoms with Crippen molar-refractivity contribution in [2.75, 3.05) is 20.2 Å². The summed E-state index contributed by atoms with van der Waals surface area (Å²) in [5, 5.41) is 0. The van der Waals surface area contributed by atoms with E-state index in [1.165, 1.54) is 19.4 Å². The van der Waals surface area contributed by atoms with Crippen molar-refractivity contribution in [3.05, 3.63) is 23.7 Å². The molecule has 1 aliphatic rings. The summed E-state index contributed by atoms with van der Waals surface area (Å²) in [5.74, 6) is 0.868. The molecule has 2 N–H and O–H groups in total. The van der Waals surface area contributed by atoms with E-state index in [0.29, 0.717) is 19.2 Å². The molecule has 0 aromatic carbocycles. The van der Waals surface area contributed by atoms with E-state index >= 15 is 0 Å². The van der Waals surface area contributed by atoms with Crippen molar-refractivity contribution >= 4 is 0 Å². The van der Waals surface area contributed by atoms with Gasteiger partial charge in [0.05, 0.1) is 6.26 Å². The summed E-state index contributed by atoms with van der Waals surface area (Å²) in [6.07, 6.45) is 5.39. The summed E-state index contributed by atoms with van der Waals surface area (Å²) >= 11 is 0. The summed E-state index contributed by atoms with van der Waals surface area (Å²) in [6.45, 7) is 3.07. The summed E-state index contributed by atoms with van der Waals surface area (Å²) in [4.78, 5) is 2.42. The Hall–Kier alpha value is -0.840. The summed E-state index contributed by atoms with van der Waals surface area (Å²) in [7, 11) is 2.19. The Morgan fingerprint density at radius 3 is 3.18 bits per heavy atom. The number of ether oxygens (including phenoxy) is 1. The minimum Gasteiger partial charge on any atom is -0.467 e. The first-order valence-electron chi connectivity index (χ1n) is 6.34. The SMILES string of the molecule is CN1CCCC1CCOCc1occc1CN. The van der Waals surface area contributed by atoms with Gasteiger partial charge in [-0.05, 0) is 38.9 Å². The van der Waals surface area contributed by atoms with Gasteiger partial charge in [-0.15, -0.1) is 0 Å². The van der Waals surface area contributed by atoms with E-state index in [1.54, 1.807) is 6.26 Å². The van der Waals surface area contributed by atoms with Gasteiger partial charge in [-0.3, -0.25) is 0 Å². The Morgan fingerprint density at radius 1 is 1.59 bits per heavy atom. The van der Waals surface area contributed by atoms with Crippen LogP contribution in [0.5, 0.6) is 0 Å². The van der Waals surface area contributed by atoms with Gasteiger partial charge in [0, 0.05) is 24.8 Å². The number of hydrogen-bond donors (Lipinski definition) is 1. The molecule has 1 atom stereocenters. The molecule has 1 unspecified atom stereocenters. The van der Waals surface area contributed by atoms with Crippen molar-refractivity contribution in [1.82, 2.24) is 4.90 Å². The lowest BCUT2D eigenvalue weighted by Crippen LogP contribution is -2.26. The van der Waals surface area contributed by atoms with Gasteiger partial charge in [0.15, 0.2) is 0 Å². The minimum absolute atomic E-state index is 0.514. The molecule has 4 nitrogen and oxygen atoms in total. The lowest BCUT2D eigenvalue weighted by atomic mass is 10.1. The zero-order valence-electron chi connectivity index (χ0n) is 10.5. The van der Waals surface area contributed by atoms with Crippen molar-refractivity contribution < 1.29 is 9.15 Å². The van der Waals surface area contributed by atoms with E-state index in [2.05, 4.69) is 11.9 Å². The lowest BCUT2D eigenvalue weighted by Gasteiger charge is -2.18. The molecule has 1 aromatic rings. The fourth-order valence-electron chi connectivity index (χ4n) is 2.40. The molecule has 0 aliphatic carbocycles. The lowest BCUT2D eigenvalue weighted by molar-refractivity contribution is 0.0888. The Morgan fingerprint density at radius 2 is 2.47 bits per heavy atom. The number of furan rings is 1. The monoisotopic (exact) mass is 238 g/mol. The second kappa shape index (κ2) is 6.19. The van der Waals surface area contributed by atoms with Crippen LogP contribution in [0.25, 0.3) is 0 Å². The number of nitrogens with zero attached hydrogens (tertiary/aromatic N) is 1. The Labute approximate surface area is 103 Å². The molecule has 0 spiro atoms. The quantitative estimate of drug-likeness (QED) is 0.767. The van der Waals surface area contributed by atoms with Gasteiger partial charge < -0.3 is 19.8 Å². The van der Waals surface area contributed by atoms with Crippen LogP contribution in [-0.4, -0.2) is 31.1 Å². The van der Waals surface area contributed by atoms with Crippen molar-refractivity contribution in [3.8, 4) is 0 Å². The Balaban J connectivity index is 1.66. The highest BCUT2D eigenvalue weighted by atomic mass is 16.5. The van der Waals surface area contributed by atoms with Crippen LogP contribution in [0.3, 0.4) is 0 Å². The number of likely N-dealkylation sites (tertiary alicyclic amines) is 1. The van der Waals surface area contributed by atoms with Crippen LogP contribution in [0.2, 0.25) is 0 Å². The second-order valence-corrected chi connectivity index (χ2v) is 4.69. The minimum atomic E-state index is 0.514. The molecule has 1 aromatic heterocycles. The molecule has 96 valence electrons. The predicted octanol–water partition coefficient (Wildman–Crippen LogP) is 1.74. The fraction of sp³-hybridized carbons (Fsp3) is 0.692. The van der Waals surface area contributed by atoms with Gasteiger partial charge in [0.2, 0.25) is 0 Å². The number of nitrogens with two attached hydrogens (primary N) is 1. The summed E-state index contributed by atoms with van der Waals surface area (Å²) < 4.78 is 11.0. The molecule has 17 heavy (non-hydrogen) atoms. The fourth-order valence-corrected chi connectivity index (χ4v) is 2.40. The van der Waals surface area contributed by atoms with Gasteiger partial charge >= 0.3 is 0 Å². The van der Waals surface area contributed by atoms with Crippen LogP contribution in [0.15, 0.2) is 16.7 Å². The first-order chi connectivity index (χ1) is 8.31. The van der Waals surface area contributed by atoms with Crippen LogP contribution in [-0.2, 0) is 17.9 Å². The summed E-state index contributed by atoms with van der Waals surface area (Å²) in [5.41, 5.74) is 6.64. The molecule has 1 aliphatic heterocycles. The zero-order valence-corrected chi connectivity index (χ0v) is 10.5. The van der Waals surface area contributed by atoms with Crippen molar-refractivity contribution in [2.45, 2.75) is 38.5 Å². The highest BCUT2D eigenvalue weighted by Gasteiger charge is 2.20. The van der Waals surface area contributed by atoms with Gasteiger partial charge in [0.1, 0.15) is 12.4 Å². The van der Waals surface area contributed by atoms with Crippen molar-refractivity contribution in [3.63, 3.8) is 0 Å². The molecule has 2 rings (SSSR count). The van der Waals surface area contributed by atoms with Gasteiger partial charge in [-0.1, -0.05) is 0 Å². The molecule has 2 heterocycles. The van der Waals surface area contributed by atoms with E-state index in [-0.39, 0.29) is 0 Å². The van der Waals surface area contributed by atoms with E-state index in [4.69, 9.17) is 14.9 Å². The van der Waals surface area contributed by atoms with Crippen LogP contribution < -0.4 is 5.73 Å². The zero-order chi connectivity index (χ0) is 12.1. The topological polar surface area (TPSA) is 51.6 Å². The third kappa shape index (κ3) is 3.31. The van der Waals surface area contributed by atoms with E-state index in [9.17, 15) is 0 Å². The van der Waals surface area contributed by atoms with E-state index in [1.807, 2.05) is 6.07 Å². The first-order valence-corrected chi connectivity index (χ1v) is 6.34. The highest BCUT2D eigenvalue weighted by molar-refractivity contribution is 5.15. The Bertz CT molecular complexity index is 338. The number of hydrogen-bond acceptors (Lipinski definition) is 4. The van der Waals surface area contributed by atoms with E-state index < -0.39 is 0 Å². The molecule has 0 saturated carbocycles. The normalized spacial score (nSPS) is 21.2. The molecule has 1 saturated heterocycles. The third-order valence-electron chi connectivity index (χ3n) is 3.56. The summed E-state index contributed by atoms with van der Waals surface area (Å²) in [6, 6.07) is 2.60. The average Bonchev–Trinajstić information content (AvgIpc) is 2.93. The van der Waals surface area contributed by atoms with Crippen LogP contribution in [0, 0.1) is 0 Å². The largest absolute Gasteiger partial charge is 0.467 e. The highest BCUT2D eigenvalue weighted by Crippen LogP contribution is 2.18. The first kappa shape index (κ1) is 12.6. The van der Waals surface area contributed by atoms with Crippen LogP contribution in [0.1, 0.15) is 30.6 Å². The molecular formula is C13H22N2O2. The van der Waals surface area contributed by atoms with Crippen LogP contribution >= 0.6 is 0 Å². The molecule has 0 amide bonds. The second-order valence-electron chi connectivity index (χ2n) is 4.69. The average molecular weight is 238 g/mol. The number of rotatable bonds is 6.